The number of hydrogen-bond acceptors (Lipinski definition) is 5. The highest BCUT2D eigenvalue weighted by Crippen LogP contribution is 2.17. The van der Waals surface area contributed by atoms with Crippen LogP contribution in [0.25, 0.3) is 0 Å². The van der Waals surface area contributed by atoms with Crippen molar-refractivity contribution in [2.75, 3.05) is 11.9 Å². The molecule has 7 heteroatoms. The molecule has 0 atom stereocenters. The van der Waals surface area contributed by atoms with E-state index in [0.717, 1.165) is 17.2 Å². The van der Waals surface area contributed by atoms with E-state index in [1.54, 1.807) is 24.0 Å². The Hall–Kier alpha value is -1.63. The van der Waals surface area contributed by atoms with Gasteiger partial charge in [0, 0.05) is 37.5 Å². The second-order valence-corrected chi connectivity index (χ2v) is 4.15. The summed E-state index contributed by atoms with van der Waals surface area (Å²) in [7, 11) is 1.73. The van der Waals surface area contributed by atoms with Crippen molar-refractivity contribution in [3.8, 4) is 0 Å². The number of nitrogens with zero attached hydrogens (tertiary/aromatic N) is 4. The zero-order chi connectivity index (χ0) is 11.5. The van der Waals surface area contributed by atoms with E-state index in [-0.39, 0.29) is 5.69 Å². The van der Waals surface area contributed by atoms with Crippen LogP contribution in [0, 0.1) is 0 Å². The molecule has 2 rings (SSSR count). The van der Waals surface area contributed by atoms with E-state index < -0.39 is 0 Å². The van der Waals surface area contributed by atoms with Crippen LogP contribution in [-0.2, 0) is 13.6 Å². The molecule has 0 saturated carbocycles. The standard InChI is InChI=1S/C9H13N5OS/c1-3-10-8-7(11-12-16-8)6-14-5-4-13(2)9(14)15/h4-5,10H,3,6H2,1-2H3. The number of aromatic nitrogens is 4. The molecule has 0 spiro atoms. The van der Waals surface area contributed by atoms with Crippen LogP contribution in [0.3, 0.4) is 0 Å². The first-order chi connectivity index (χ1) is 7.72. The SMILES string of the molecule is CCNc1snnc1Cn1ccn(C)c1=O. The molecule has 0 aliphatic carbocycles. The second kappa shape index (κ2) is 4.48. The molecule has 2 aromatic rings. The molecule has 0 aliphatic rings. The fraction of sp³-hybridized carbons (Fsp3) is 0.444. The van der Waals surface area contributed by atoms with Crippen molar-refractivity contribution in [2.45, 2.75) is 13.5 Å². The Morgan fingerprint density at radius 3 is 2.94 bits per heavy atom. The van der Waals surface area contributed by atoms with Crippen LogP contribution in [0.1, 0.15) is 12.6 Å². The van der Waals surface area contributed by atoms with Crippen LogP contribution < -0.4 is 11.0 Å². The van der Waals surface area contributed by atoms with Crippen molar-refractivity contribution in [2.24, 2.45) is 7.05 Å². The van der Waals surface area contributed by atoms with Gasteiger partial charge in [-0.1, -0.05) is 4.49 Å². The van der Waals surface area contributed by atoms with Crippen molar-refractivity contribution in [3.63, 3.8) is 0 Å². The Labute approximate surface area is 96.7 Å². The highest BCUT2D eigenvalue weighted by molar-refractivity contribution is 7.10. The van der Waals surface area contributed by atoms with E-state index >= 15 is 0 Å². The summed E-state index contributed by atoms with van der Waals surface area (Å²) in [5, 5.41) is 8.12. The van der Waals surface area contributed by atoms with Crippen molar-refractivity contribution in [3.05, 3.63) is 28.6 Å². The second-order valence-electron chi connectivity index (χ2n) is 3.40. The molecule has 6 nitrogen and oxygen atoms in total. The Morgan fingerprint density at radius 1 is 1.50 bits per heavy atom. The molecule has 16 heavy (non-hydrogen) atoms. The summed E-state index contributed by atoms with van der Waals surface area (Å²) in [6.07, 6.45) is 3.48. The molecule has 0 fully saturated rings. The highest BCUT2D eigenvalue weighted by Gasteiger charge is 2.09. The Balaban J connectivity index is 2.23. The molecule has 1 N–H and O–H groups in total. The van der Waals surface area contributed by atoms with Gasteiger partial charge >= 0.3 is 5.69 Å². The van der Waals surface area contributed by atoms with Gasteiger partial charge in [0.15, 0.2) is 0 Å². The minimum absolute atomic E-state index is 0.0459. The van der Waals surface area contributed by atoms with Crippen LogP contribution >= 0.6 is 11.5 Å². The maximum atomic E-state index is 11.6. The van der Waals surface area contributed by atoms with Crippen LogP contribution in [0.2, 0.25) is 0 Å². The third-order valence-electron chi connectivity index (χ3n) is 2.23. The Bertz CT molecular complexity index is 526. The number of anilines is 1. The summed E-state index contributed by atoms with van der Waals surface area (Å²) in [5.74, 6) is 0. The maximum Gasteiger partial charge on any atom is 0.328 e. The molecule has 0 saturated heterocycles. The zero-order valence-electron chi connectivity index (χ0n) is 9.17. The van der Waals surface area contributed by atoms with Crippen LogP contribution in [0.5, 0.6) is 0 Å². The number of nitrogens with one attached hydrogen (secondary N) is 1. The van der Waals surface area contributed by atoms with E-state index in [9.17, 15) is 4.79 Å². The molecule has 0 radical (unpaired) electrons. The van der Waals surface area contributed by atoms with Crippen molar-refractivity contribution in [1.29, 1.82) is 0 Å². The molecule has 0 aromatic carbocycles. The quantitative estimate of drug-likeness (QED) is 0.844. The number of rotatable bonds is 4. The van der Waals surface area contributed by atoms with Gasteiger partial charge < -0.3 is 9.88 Å². The predicted molar refractivity (Wildman–Crippen MR) is 62.8 cm³/mol. The lowest BCUT2D eigenvalue weighted by Crippen LogP contribution is -2.22. The molecule has 86 valence electrons. The summed E-state index contributed by atoms with van der Waals surface area (Å²) in [6, 6.07) is 0. The van der Waals surface area contributed by atoms with Gasteiger partial charge in [-0.2, -0.15) is 0 Å². The van der Waals surface area contributed by atoms with Gasteiger partial charge in [-0.25, -0.2) is 4.79 Å². The van der Waals surface area contributed by atoms with E-state index in [4.69, 9.17) is 0 Å². The van der Waals surface area contributed by atoms with E-state index in [0.29, 0.717) is 6.54 Å². The van der Waals surface area contributed by atoms with Crippen LogP contribution in [0.15, 0.2) is 17.2 Å². The van der Waals surface area contributed by atoms with Gasteiger partial charge in [-0.15, -0.1) is 5.10 Å². The number of aryl methyl sites for hydroxylation is 1. The lowest BCUT2D eigenvalue weighted by Gasteiger charge is -2.02. The first kappa shape index (κ1) is 10.9. The summed E-state index contributed by atoms with van der Waals surface area (Å²) < 4.78 is 7.02. The molecular formula is C9H13N5OS. The van der Waals surface area contributed by atoms with Crippen molar-refractivity contribution in [1.82, 2.24) is 18.7 Å². The van der Waals surface area contributed by atoms with Crippen molar-refractivity contribution < 1.29 is 0 Å². The third-order valence-corrected chi connectivity index (χ3v) is 2.96. The van der Waals surface area contributed by atoms with E-state index in [1.165, 1.54) is 16.1 Å². The van der Waals surface area contributed by atoms with Gasteiger partial charge in [0.2, 0.25) is 0 Å². The van der Waals surface area contributed by atoms with Gasteiger partial charge in [0.05, 0.1) is 6.54 Å². The highest BCUT2D eigenvalue weighted by atomic mass is 32.1. The topological polar surface area (TPSA) is 64.7 Å². The van der Waals surface area contributed by atoms with E-state index in [1.807, 2.05) is 6.92 Å². The smallest absolute Gasteiger partial charge is 0.328 e. The molecular weight excluding hydrogens is 226 g/mol. The summed E-state index contributed by atoms with van der Waals surface area (Å²) >= 11 is 1.31. The summed E-state index contributed by atoms with van der Waals surface area (Å²) in [5.41, 5.74) is 0.760. The van der Waals surface area contributed by atoms with Gasteiger partial charge in [-0.05, 0) is 6.92 Å². The number of imidazole rings is 1. The zero-order valence-corrected chi connectivity index (χ0v) is 9.99. The van der Waals surface area contributed by atoms with Crippen LogP contribution in [0.4, 0.5) is 5.00 Å². The lowest BCUT2D eigenvalue weighted by atomic mass is 10.4. The fourth-order valence-corrected chi connectivity index (χ4v) is 2.04. The Kier molecular flexibility index (Phi) is 3.04. The molecule has 0 amide bonds. The molecule has 0 bridgehead atoms. The first-order valence-electron chi connectivity index (χ1n) is 4.99. The molecule has 2 aromatic heterocycles. The molecule has 2 heterocycles. The minimum atomic E-state index is -0.0459. The minimum Gasteiger partial charge on any atom is -0.374 e. The maximum absolute atomic E-state index is 11.6. The van der Waals surface area contributed by atoms with Crippen molar-refractivity contribution >= 4 is 16.5 Å². The fourth-order valence-electron chi connectivity index (χ4n) is 1.40. The lowest BCUT2D eigenvalue weighted by molar-refractivity contribution is 0.703. The van der Waals surface area contributed by atoms with E-state index in [2.05, 4.69) is 14.9 Å². The average Bonchev–Trinajstić information content (AvgIpc) is 2.82. The average molecular weight is 239 g/mol. The van der Waals surface area contributed by atoms with Gasteiger partial charge in [-0.3, -0.25) is 4.57 Å². The largest absolute Gasteiger partial charge is 0.374 e. The third kappa shape index (κ3) is 1.99. The monoisotopic (exact) mass is 239 g/mol. The molecule has 0 aliphatic heterocycles. The van der Waals surface area contributed by atoms with Gasteiger partial charge in [0.1, 0.15) is 10.7 Å². The van der Waals surface area contributed by atoms with Crippen LogP contribution in [-0.4, -0.2) is 25.3 Å². The normalized spacial score (nSPS) is 10.6. The summed E-state index contributed by atoms with van der Waals surface area (Å²) in [6.45, 7) is 3.29. The Morgan fingerprint density at radius 2 is 2.31 bits per heavy atom. The first-order valence-corrected chi connectivity index (χ1v) is 5.76. The summed E-state index contributed by atoms with van der Waals surface area (Å²) in [4.78, 5) is 11.6. The molecule has 0 unspecified atom stereocenters. The predicted octanol–water partition coefficient (Wildman–Crippen LogP) is 0.518. The number of hydrogen-bond donors (Lipinski definition) is 1. The van der Waals surface area contributed by atoms with Gasteiger partial charge in [0.25, 0.3) is 0 Å².